The average Bonchev–Trinajstić information content (AvgIpc) is 3.39. The minimum atomic E-state index is -0.850. The molecule has 0 spiro atoms. The molecule has 0 fully saturated rings. The molecule has 6 heteroatoms. The molecule has 0 heterocycles. The van der Waals surface area contributed by atoms with Crippen molar-refractivity contribution in [3.05, 3.63) is 158 Å². The third kappa shape index (κ3) is 57.8. The van der Waals surface area contributed by atoms with Crippen molar-refractivity contribution in [2.24, 2.45) is 0 Å². The second-order valence-electron chi connectivity index (χ2n) is 18.5. The van der Waals surface area contributed by atoms with Gasteiger partial charge in [-0.25, -0.2) is 0 Å². The van der Waals surface area contributed by atoms with Crippen molar-refractivity contribution in [2.45, 2.75) is 232 Å². The molecular weight excluding hydrogens is 901 g/mol. The van der Waals surface area contributed by atoms with Crippen molar-refractivity contribution in [3.63, 3.8) is 0 Å². The highest BCUT2D eigenvalue weighted by molar-refractivity contribution is 5.71. The summed E-state index contributed by atoms with van der Waals surface area (Å²) in [5.74, 6) is -1.08. The molecule has 0 aromatic carbocycles. The van der Waals surface area contributed by atoms with Crippen molar-refractivity contribution in [1.82, 2.24) is 0 Å². The molecule has 0 aromatic rings. The summed E-state index contributed by atoms with van der Waals surface area (Å²) < 4.78 is 16.7. The van der Waals surface area contributed by atoms with Crippen molar-refractivity contribution in [3.8, 4) is 0 Å². The summed E-state index contributed by atoms with van der Waals surface area (Å²) >= 11 is 0. The molecule has 0 saturated heterocycles. The third-order valence-electron chi connectivity index (χ3n) is 11.5. The van der Waals surface area contributed by atoms with E-state index in [0.29, 0.717) is 19.3 Å². The van der Waals surface area contributed by atoms with Crippen LogP contribution < -0.4 is 0 Å². The van der Waals surface area contributed by atoms with Crippen LogP contribution in [-0.4, -0.2) is 37.2 Å². The van der Waals surface area contributed by atoms with E-state index in [2.05, 4.69) is 167 Å². The number of allylic oxidation sites excluding steroid dienone is 26. The Hall–Kier alpha value is -4.97. The molecule has 0 aliphatic rings. The van der Waals surface area contributed by atoms with Gasteiger partial charge in [0.25, 0.3) is 0 Å². The number of unbranched alkanes of at least 4 members (excludes halogenated alkanes) is 13. The fourth-order valence-electron chi connectivity index (χ4n) is 7.16. The molecule has 408 valence electrons. The first-order valence-electron chi connectivity index (χ1n) is 29.0. The van der Waals surface area contributed by atoms with Crippen molar-refractivity contribution < 1.29 is 28.6 Å². The van der Waals surface area contributed by atoms with Crippen LogP contribution in [0.5, 0.6) is 0 Å². The Morgan fingerprint density at radius 1 is 0.288 bits per heavy atom. The average molecular weight is 1010 g/mol. The maximum atomic E-state index is 12.8. The first-order chi connectivity index (χ1) is 36.0. The van der Waals surface area contributed by atoms with E-state index in [0.717, 1.165) is 128 Å². The van der Waals surface area contributed by atoms with Crippen LogP contribution in [0, 0.1) is 0 Å². The maximum Gasteiger partial charge on any atom is 0.306 e. The summed E-state index contributed by atoms with van der Waals surface area (Å²) in [6.07, 6.45) is 86.7. The lowest BCUT2D eigenvalue weighted by molar-refractivity contribution is -0.166. The summed E-state index contributed by atoms with van der Waals surface area (Å²) in [4.78, 5) is 38.2. The standard InChI is InChI=1S/C67H104O6/c1-4-7-10-13-16-19-22-25-28-31-33-36-39-42-45-48-51-54-57-60-66(69)72-63-64(62-71-65(68)59-56-53-50-47-44-41-38-35-30-27-24-21-18-15-12-9-6-3)73-67(70)61-58-55-52-49-46-43-40-37-34-32-29-26-23-20-17-14-11-8-5-2/h9,12,16-21,25-30,33-34,36-38,41-43,45-46,52,55,64H,4-8,10-11,13-15,22-24,31-32,35,39-40,44,47-51,53-54,56-63H2,1-3H3/b12-9-,19-16-,20-17-,21-18-,28-25-,29-26-,30-27-,36-33-,37-34-,41-38-,45-42-,46-43-,55-52-/t64-/m1/s1. The van der Waals surface area contributed by atoms with Crippen LogP contribution in [0.4, 0.5) is 0 Å². The molecule has 0 N–H and O–H groups in total. The Morgan fingerprint density at radius 2 is 0.562 bits per heavy atom. The van der Waals surface area contributed by atoms with Gasteiger partial charge < -0.3 is 14.2 Å². The van der Waals surface area contributed by atoms with E-state index in [1.54, 1.807) is 0 Å². The predicted molar refractivity (Wildman–Crippen MR) is 315 cm³/mol. The van der Waals surface area contributed by atoms with Gasteiger partial charge in [0, 0.05) is 19.3 Å². The zero-order valence-corrected chi connectivity index (χ0v) is 46.6. The molecule has 0 aliphatic heterocycles. The van der Waals surface area contributed by atoms with E-state index in [-0.39, 0.29) is 31.6 Å². The van der Waals surface area contributed by atoms with E-state index >= 15 is 0 Å². The molecule has 0 aliphatic carbocycles. The Balaban J connectivity index is 4.64. The van der Waals surface area contributed by atoms with Gasteiger partial charge in [0.1, 0.15) is 13.2 Å². The zero-order chi connectivity index (χ0) is 52.9. The number of hydrogen-bond donors (Lipinski definition) is 0. The van der Waals surface area contributed by atoms with Crippen LogP contribution in [0.15, 0.2) is 158 Å². The van der Waals surface area contributed by atoms with Crippen LogP contribution >= 0.6 is 0 Å². The number of rotatable bonds is 50. The second-order valence-corrected chi connectivity index (χ2v) is 18.5. The summed E-state index contributed by atoms with van der Waals surface area (Å²) in [5.41, 5.74) is 0. The van der Waals surface area contributed by atoms with Gasteiger partial charge in [-0.1, -0.05) is 224 Å². The second kappa shape index (κ2) is 59.6. The molecule has 0 unspecified atom stereocenters. The maximum absolute atomic E-state index is 12.8. The van der Waals surface area contributed by atoms with Gasteiger partial charge in [0.05, 0.1) is 0 Å². The topological polar surface area (TPSA) is 78.9 Å². The highest BCUT2D eigenvalue weighted by Crippen LogP contribution is 2.11. The minimum Gasteiger partial charge on any atom is -0.462 e. The van der Waals surface area contributed by atoms with E-state index in [1.165, 1.54) is 51.4 Å². The van der Waals surface area contributed by atoms with Crippen molar-refractivity contribution in [2.75, 3.05) is 13.2 Å². The summed E-state index contributed by atoms with van der Waals surface area (Å²) in [5, 5.41) is 0. The van der Waals surface area contributed by atoms with Gasteiger partial charge >= 0.3 is 17.9 Å². The van der Waals surface area contributed by atoms with Gasteiger partial charge in [-0.05, 0) is 141 Å². The Bertz CT molecular complexity index is 1670. The Labute approximate surface area is 448 Å². The Morgan fingerprint density at radius 3 is 0.890 bits per heavy atom. The molecule has 0 rings (SSSR count). The van der Waals surface area contributed by atoms with Gasteiger partial charge in [-0.3, -0.25) is 14.4 Å². The lowest BCUT2D eigenvalue weighted by atomic mass is 10.1. The monoisotopic (exact) mass is 1000 g/mol. The first-order valence-corrected chi connectivity index (χ1v) is 29.0. The van der Waals surface area contributed by atoms with Gasteiger partial charge in [-0.15, -0.1) is 0 Å². The molecule has 0 amide bonds. The van der Waals surface area contributed by atoms with Crippen LogP contribution in [0.1, 0.15) is 226 Å². The van der Waals surface area contributed by atoms with Crippen LogP contribution in [0.3, 0.4) is 0 Å². The lowest BCUT2D eigenvalue weighted by Crippen LogP contribution is -2.30. The Kier molecular flexibility index (Phi) is 55.5. The fraction of sp³-hybridized carbons (Fsp3) is 0.567. The van der Waals surface area contributed by atoms with Gasteiger partial charge in [-0.2, -0.15) is 0 Å². The summed E-state index contributed by atoms with van der Waals surface area (Å²) in [6.45, 7) is 6.34. The number of hydrogen-bond acceptors (Lipinski definition) is 6. The summed E-state index contributed by atoms with van der Waals surface area (Å²) in [6, 6.07) is 0. The zero-order valence-electron chi connectivity index (χ0n) is 46.6. The van der Waals surface area contributed by atoms with Crippen LogP contribution in [0.2, 0.25) is 0 Å². The molecular formula is C67H104O6. The lowest BCUT2D eigenvalue weighted by Gasteiger charge is -2.18. The third-order valence-corrected chi connectivity index (χ3v) is 11.5. The van der Waals surface area contributed by atoms with Crippen molar-refractivity contribution in [1.29, 1.82) is 0 Å². The number of carbonyl (C=O) groups is 3. The first kappa shape index (κ1) is 68.0. The fourth-order valence-corrected chi connectivity index (χ4v) is 7.16. The largest absolute Gasteiger partial charge is 0.462 e. The molecule has 0 radical (unpaired) electrons. The molecule has 0 aromatic heterocycles. The molecule has 0 bridgehead atoms. The minimum absolute atomic E-state index is 0.138. The SMILES string of the molecule is CC/C=C\C/C=C\C/C=C\C/C=C\CCCCCCC(=O)OC[C@H](COC(=O)CCCCC/C=C\C/C=C\C/C=C\C/C=C\CCCCC)OC(=O)CC/C=C\C/C=C\C/C=C\C/C=C\C/C=C\CCCCC. The highest BCUT2D eigenvalue weighted by Gasteiger charge is 2.19. The molecule has 1 atom stereocenters. The van der Waals surface area contributed by atoms with E-state index in [4.69, 9.17) is 14.2 Å². The molecule has 73 heavy (non-hydrogen) atoms. The van der Waals surface area contributed by atoms with Crippen LogP contribution in [-0.2, 0) is 28.6 Å². The van der Waals surface area contributed by atoms with E-state index in [9.17, 15) is 14.4 Å². The van der Waals surface area contributed by atoms with Crippen LogP contribution in [0.25, 0.3) is 0 Å². The molecule has 0 saturated carbocycles. The van der Waals surface area contributed by atoms with E-state index < -0.39 is 12.1 Å². The number of ether oxygens (including phenoxy) is 3. The highest BCUT2D eigenvalue weighted by atomic mass is 16.6. The number of esters is 3. The van der Waals surface area contributed by atoms with Crippen molar-refractivity contribution >= 4 is 17.9 Å². The number of carbonyl (C=O) groups excluding carboxylic acids is 3. The quantitative estimate of drug-likeness (QED) is 0.0261. The summed E-state index contributed by atoms with van der Waals surface area (Å²) in [7, 11) is 0. The molecule has 6 nitrogen and oxygen atoms in total. The smallest absolute Gasteiger partial charge is 0.306 e. The predicted octanol–water partition coefficient (Wildman–Crippen LogP) is 19.8. The normalized spacial score (nSPS) is 13.3. The van der Waals surface area contributed by atoms with Gasteiger partial charge in [0.15, 0.2) is 6.10 Å². The van der Waals surface area contributed by atoms with E-state index in [1.807, 2.05) is 12.2 Å². The van der Waals surface area contributed by atoms with Gasteiger partial charge in [0.2, 0.25) is 0 Å².